The zero-order valence-corrected chi connectivity index (χ0v) is 24.5. The summed E-state index contributed by atoms with van der Waals surface area (Å²) in [5.74, 6) is -4.08. The number of carbonyl (C=O) groups excluding carboxylic acids is 3. The van der Waals surface area contributed by atoms with Crippen molar-refractivity contribution in [1.29, 1.82) is 5.26 Å². The summed E-state index contributed by atoms with van der Waals surface area (Å²) >= 11 is 0. The summed E-state index contributed by atoms with van der Waals surface area (Å²) < 4.78 is 38.2. The first-order valence-electron chi connectivity index (χ1n) is 14.1. The lowest BCUT2D eigenvalue weighted by molar-refractivity contribution is -0.884. The molecule has 3 amide bonds. The van der Waals surface area contributed by atoms with Gasteiger partial charge in [0.1, 0.15) is 17.4 Å². The number of rotatable bonds is 8. The van der Waals surface area contributed by atoms with E-state index in [-0.39, 0.29) is 25.3 Å². The maximum Gasteiger partial charge on any atom is 0.410 e. The molecule has 1 aromatic carbocycles. The minimum absolute atomic E-state index is 0.207. The summed E-state index contributed by atoms with van der Waals surface area (Å²) in [7, 11) is 0. The molecule has 2 aromatic rings. The zero-order chi connectivity index (χ0) is 31.4. The molecule has 0 radical (unpaired) electrons. The number of halogens is 2. The van der Waals surface area contributed by atoms with Crippen molar-refractivity contribution >= 4 is 28.8 Å². The molecule has 12 nitrogen and oxygen atoms in total. The van der Waals surface area contributed by atoms with Crippen LogP contribution in [0.3, 0.4) is 0 Å². The quantitative estimate of drug-likeness (QED) is 0.275. The summed E-state index contributed by atoms with van der Waals surface area (Å²) in [5.41, 5.74) is 0.108. The van der Waals surface area contributed by atoms with Crippen LogP contribution in [0.2, 0.25) is 0 Å². The van der Waals surface area contributed by atoms with Gasteiger partial charge in [-0.1, -0.05) is 0 Å². The van der Waals surface area contributed by atoms with Gasteiger partial charge in [-0.3, -0.25) is 19.5 Å². The highest BCUT2D eigenvalue weighted by molar-refractivity contribution is 6.07. The summed E-state index contributed by atoms with van der Waals surface area (Å²) in [6.07, 6.45) is 0.751. The number of hydrogen-bond acceptors (Lipinski definition) is 8. The van der Waals surface area contributed by atoms with Crippen molar-refractivity contribution in [2.75, 3.05) is 52.4 Å². The maximum absolute atomic E-state index is 13.7. The highest BCUT2D eigenvalue weighted by atomic mass is 19.3. The number of fused-ring (bicyclic) bond motifs is 1. The van der Waals surface area contributed by atoms with Crippen LogP contribution in [0.15, 0.2) is 30.5 Å². The molecule has 2 saturated heterocycles. The molecule has 232 valence electrons. The summed E-state index contributed by atoms with van der Waals surface area (Å²) in [6, 6.07) is 6.93. The molecule has 2 aliphatic heterocycles. The standard InChI is InChI=1S/C29H36F2N6O6/c1-28(2,3)43-27(40)35-9-12-37(41,13-10-35)11-4-14-42-21-5-6-24-23(15-21)22(7-8-33-24)26(39)34-18-25(38)36-19-29(30,31)16-20(36)17-32/h5-8,15,20H,4,9-14,16,18-19H2,1-3H3,(H,34,39)/t20-/m0/s1. The van der Waals surface area contributed by atoms with Crippen LogP contribution >= 0.6 is 0 Å². The second-order valence-corrected chi connectivity index (χ2v) is 11.8. The Kier molecular flexibility index (Phi) is 9.36. The molecule has 0 aliphatic carbocycles. The van der Waals surface area contributed by atoms with Crippen molar-refractivity contribution in [3.8, 4) is 11.8 Å². The van der Waals surface area contributed by atoms with Gasteiger partial charge in [-0.05, 0) is 45.0 Å². The van der Waals surface area contributed by atoms with E-state index in [4.69, 9.17) is 14.7 Å². The van der Waals surface area contributed by atoms with E-state index in [1.165, 1.54) is 12.3 Å². The van der Waals surface area contributed by atoms with Crippen LogP contribution < -0.4 is 10.1 Å². The van der Waals surface area contributed by atoms with E-state index in [2.05, 4.69) is 10.3 Å². The number of ether oxygens (including phenoxy) is 2. The number of hydroxylamine groups is 3. The Bertz CT molecular complexity index is 1400. The first-order valence-corrected chi connectivity index (χ1v) is 14.1. The van der Waals surface area contributed by atoms with Crippen molar-refractivity contribution < 1.29 is 37.3 Å². The Balaban J connectivity index is 1.29. The number of likely N-dealkylation sites (tertiary alicyclic amines) is 1. The molecule has 43 heavy (non-hydrogen) atoms. The fraction of sp³-hybridized carbons (Fsp3) is 0.552. The van der Waals surface area contributed by atoms with Crippen molar-refractivity contribution in [3.05, 3.63) is 41.2 Å². The van der Waals surface area contributed by atoms with Gasteiger partial charge in [0.2, 0.25) is 5.91 Å². The number of nitriles is 1. The SMILES string of the molecule is CC(C)(C)OC(=O)N1CC[N+]([O-])(CCCOc2ccc3nccc(C(=O)NCC(=O)N4CC(F)(F)C[C@H]4C#N)c3c2)CC1. The van der Waals surface area contributed by atoms with E-state index < -0.39 is 59.6 Å². The molecular weight excluding hydrogens is 566 g/mol. The first-order chi connectivity index (χ1) is 20.2. The van der Waals surface area contributed by atoms with Crippen LogP contribution in [0.4, 0.5) is 13.6 Å². The highest BCUT2D eigenvalue weighted by Gasteiger charge is 2.47. The Hall–Kier alpha value is -4.09. The van der Waals surface area contributed by atoms with Crippen LogP contribution in [-0.2, 0) is 9.53 Å². The normalized spacial score (nSPS) is 19.5. The summed E-state index contributed by atoms with van der Waals surface area (Å²) in [5, 5.41) is 25.1. The molecule has 3 heterocycles. The predicted molar refractivity (Wildman–Crippen MR) is 151 cm³/mol. The Morgan fingerprint density at radius 1 is 1.23 bits per heavy atom. The van der Waals surface area contributed by atoms with Gasteiger partial charge in [-0.15, -0.1) is 0 Å². The molecule has 2 aliphatic rings. The van der Waals surface area contributed by atoms with Gasteiger partial charge in [-0.25, -0.2) is 13.6 Å². The maximum atomic E-state index is 13.7. The number of carbonyl (C=O) groups is 3. The topological polar surface area (TPSA) is 148 Å². The average Bonchev–Trinajstić information content (AvgIpc) is 3.27. The lowest BCUT2D eigenvalue weighted by atomic mass is 10.1. The second kappa shape index (κ2) is 12.6. The Morgan fingerprint density at radius 2 is 1.95 bits per heavy atom. The Labute approximate surface area is 248 Å². The molecule has 14 heteroatoms. The molecule has 2 fully saturated rings. The number of aromatic nitrogens is 1. The van der Waals surface area contributed by atoms with E-state index >= 15 is 0 Å². The van der Waals surface area contributed by atoms with Gasteiger partial charge in [0.25, 0.3) is 11.8 Å². The smallest absolute Gasteiger partial charge is 0.410 e. The monoisotopic (exact) mass is 602 g/mol. The van der Waals surface area contributed by atoms with E-state index in [1.54, 1.807) is 49.9 Å². The molecule has 0 unspecified atom stereocenters. The molecule has 4 rings (SSSR count). The lowest BCUT2D eigenvalue weighted by Gasteiger charge is -2.48. The molecule has 0 saturated carbocycles. The number of hydrogen-bond donors (Lipinski definition) is 1. The molecule has 1 aromatic heterocycles. The number of piperazine rings is 1. The third kappa shape index (κ3) is 8.26. The number of benzene rings is 1. The van der Waals surface area contributed by atoms with Gasteiger partial charge in [0.05, 0.1) is 69.6 Å². The molecular formula is C29H36F2N6O6. The number of pyridine rings is 1. The van der Waals surface area contributed by atoms with Crippen molar-refractivity contribution in [1.82, 2.24) is 20.1 Å². The third-order valence-electron chi connectivity index (χ3n) is 7.28. The number of alkyl halides is 2. The zero-order valence-electron chi connectivity index (χ0n) is 24.5. The van der Waals surface area contributed by atoms with Gasteiger partial charge in [0.15, 0.2) is 0 Å². The number of quaternary nitrogens is 1. The van der Waals surface area contributed by atoms with Gasteiger partial charge in [-0.2, -0.15) is 5.26 Å². The fourth-order valence-corrected chi connectivity index (χ4v) is 5.07. The van der Waals surface area contributed by atoms with Gasteiger partial charge < -0.3 is 29.5 Å². The van der Waals surface area contributed by atoms with E-state index in [9.17, 15) is 28.4 Å². The third-order valence-corrected chi connectivity index (χ3v) is 7.28. The van der Waals surface area contributed by atoms with E-state index in [1.807, 2.05) is 0 Å². The average molecular weight is 603 g/mol. The molecule has 1 N–H and O–H groups in total. The van der Waals surface area contributed by atoms with Crippen molar-refractivity contribution in [2.45, 2.75) is 51.2 Å². The van der Waals surface area contributed by atoms with E-state index in [0.717, 1.165) is 4.90 Å². The number of nitrogens with zero attached hydrogens (tertiary/aromatic N) is 5. The number of amides is 3. The first kappa shape index (κ1) is 31.8. The lowest BCUT2D eigenvalue weighted by Crippen LogP contribution is -2.58. The van der Waals surface area contributed by atoms with Crippen molar-refractivity contribution in [2.24, 2.45) is 0 Å². The Morgan fingerprint density at radius 3 is 2.63 bits per heavy atom. The van der Waals surface area contributed by atoms with Gasteiger partial charge >= 0.3 is 6.09 Å². The minimum atomic E-state index is -3.15. The van der Waals surface area contributed by atoms with Crippen LogP contribution in [0, 0.1) is 16.5 Å². The summed E-state index contributed by atoms with van der Waals surface area (Å²) in [6.45, 7) is 5.70. The second-order valence-electron chi connectivity index (χ2n) is 11.8. The predicted octanol–water partition coefficient (Wildman–Crippen LogP) is 3.06. The highest BCUT2D eigenvalue weighted by Crippen LogP contribution is 2.31. The van der Waals surface area contributed by atoms with Crippen LogP contribution in [0.25, 0.3) is 10.9 Å². The van der Waals surface area contributed by atoms with Crippen LogP contribution in [0.5, 0.6) is 5.75 Å². The minimum Gasteiger partial charge on any atom is -0.633 e. The molecule has 0 spiro atoms. The van der Waals surface area contributed by atoms with Gasteiger partial charge in [0, 0.05) is 24.4 Å². The summed E-state index contributed by atoms with van der Waals surface area (Å²) in [4.78, 5) is 44.3. The van der Waals surface area contributed by atoms with Crippen LogP contribution in [0.1, 0.15) is 44.0 Å². The largest absolute Gasteiger partial charge is 0.633 e. The fourth-order valence-electron chi connectivity index (χ4n) is 5.07. The van der Waals surface area contributed by atoms with Crippen molar-refractivity contribution in [3.63, 3.8) is 0 Å². The van der Waals surface area contributed by atoms with Crippen LogP contribution in [-0.4, -0.2) is 107 Å². The number of nitrogens with one attached hydrogen (secondary N) is 1. The molecule has 1 atom stereocenters. The van der Waals surface area contributed by atoms with E-state index in [0.29, 0.717) is 42.7 Å². The molecule has 0 bridgehead atoms.